The summed E-state index contributed by atoms with van der Waals surface area (Å²) < 4.78 is 6.05. The number of anilines is 1. The third-order valence-corrected chi connectivity index (χ3v) is 3.94. The van der Waals surface area contributed by atoms with Gasteiger partial charge in [-0.2, -0.15) is 0 Å². The van der Waals surface area contributed by atoms with Crippen molar-refractivity contribution in [2.24, 2.45) is 0 Å². The summed E-state index contributed by atoms with van der Waals surface area (Å²) in [6, 6.07) is 11.2. The number of hydrogen-bond donors (Lipinski definition) is 1. The molecule has 0 atom stereocenters. The molecule has 0 aliphatic rings. The van der Waals surface area contributed by atoms with E-state index in [9.17, 15) is 4.79 Å². The van der Waals surface area contributed by atoms with E-state index in [0.717, 1.165) is 16.3 Å². The van der Waals surface area contributed by atoms with E-state index in [-0.39, 0.29) is 6.03 Å². The highest BCUT2D eigenvalue weighted by Crippen LogP contribution is 2.25. The Bertz CT molecular complexity index is 600. The monoisotopic (exact) mass is 354 g/mol. The zero-order valence-electron chi connectivity index (χ0n) is 11.2. The van der Waals surface area contributed by atoms with E-state index >= 15 is 0 Å². The minimum Gasteiger partial charge on any atom is -0.452 e. The van der Waals surface area contributed by atoms with E-state index in [2.05, 4.69) is 21.2 Å². The molecule has 0 saturated carbocycles. The summed E-state index contributed by atoms with van der Waals surface area (Å²) in [5, 5.41) is 2.90. The van der Waals surface area contributed by atoms with Crippen molar-refractivity contribution in [2.75, 3.05) is 18.6 Å². The zero-order valence-corrected chi connectivity index (χ0v) is 13.6. The molecule has 0 aliphatic heterocycles. The Balaban J connectivity index is 2.00. The number of nitrogens with one attached hydrogen (secondary N) is 1. The van der Waals surface area contributed by atoms with Crippen LogP contribution in [0.2, 0.25) is 0 Å². The average molecular weight is 355 g/mol. The van der Waals surface area contributed by atoms with E-state index in [1.165, 1.54) is 0 Å². The molecule has 6 heteroatoms. The molecule has 0 aliphatic carbocycles. The molecule has 1 aromatic heterocycles. The fraction of sp³-hybridized carbons (Fsp3) is 0.214. The predicted octanol–water partition coefficient (Wildman–Crippen LogP) is 4.43. The molecule has 2 amide bonds. The summed E-state index contributed by atoms with van der Waals surface area (Å²) in [5.74, 6) is 0.729. The van der Waals surface area contributed by atoms with Gasteiger partial charge in [-0.1, -0.05) is 12.1 Å². The molecule has 0 bridgehead atoms. The number of para-hydroxylation sites is 1. The van der Waals surface area contributed by atoms with Crippen LogP contribution in [0.3, 0.4) is 0 Å². The van der Waals surface area contributed by atoms with E-state index < -0.39 is 0 Å². The predicted molar refractivity (Wildman–Crippen MR) is 85.1 cm³/mol. The van der Waals surface area contributed by atoms with Gasteiger partial charge < -0.3 is 14.6 Å². The molecular formula is C14H15BrN2O2S. The molecule has 106 valence electrons. The molecule has 2 rings (SSSR count). The van der Waals surface area contributed by atoms with Gasteiger partial charge in [0, 0.05) is 11.9 Å². The van der Waals surface area contributed by atoms with Crippen LogP contribution in [0.25, 0.3) is 0 Å². The molecule has 0 spiro atoms. The molecule has 0 fully saturated rings. The summed E-state index contributed by atoms with van der Waals surface area (Å²) in [7, 11) is 1.73. The lowest BCUT2D eigenvalue weighted by Crippen LogP contribution is -2.30. The molecule has 0 unspecified atom stereocenters. The summed E-state index contributed by atoms with van der Waals surface area (Å²) in [5.41, 5.74) is 0.817. The third-order valence-electron chi connectivity index (χ3n) is 2.72. The molecule has 0 radical (unpaired) electrons. The van der Waals surface area contributed by atoms with Crippen LogP contribution in [0, 0.1) is 0 Å². The first-order chi connectivity index (χ1) is 9.60. The summed E-state index contributed by atoms with van der Waals surface area (Å²) in [6.45, 7) is 0.416. The fourth-order valence-corrected chi connectivity index (χ4v) is 2.59. The van der Waals surface area contributed by atoms with Crippen molar-refractivity contribution in [1.82, 2.24) is 4.90 Å². The van der Waals surface area contributed by atoms with Gasteiger partial charge in [0.2, 0.25) is 0 Å². The minimum absolute atomic E-state index is 0.168. The Hall–Kier alpha value is -1.40. The van der Waals surface area contributed by atoms with E-state index in [0.29, 0.717) is 11.2 Å². The second kappa shape index (κ2) is 6.85. The summed E-state index contributed by atoms with van der Waals surface area (Å²) in [4.78, 5) is 14.8. The van der Waals surface area contributed by atoms with Gasteiger partial charge in [0.25, 0.3) is 0 Å². The van der Waals surface area contributed by atoms with Crippen molar-refractivity contribution >= 4 is 39.4 Å². The van der Waals surface area contributed by atoms with Gasteiger partial charge in [-0.05, 0) is 46.5 Å². The summed E-state index contributed by atoms with van der Waals surface area (Å²) >= 11 is 4.84. The molecule has 1 aromatic carbocycles. The molecule has 0 saturated heterocycles. The number of nitrogens with zero attached hydrogens (tertiary/aromatic N) is 1. The van der Waals surface area contributed by atoms with Crippen molar-refractivity contribution in [3.05, 3.63) is 46.8 Å². The van der Waals surface area contributed by atoms with Gasteiger partial charge in [0.05, 0.1) is 12.2 Å². The number of amides is 2. The number of urea groups is 1. The first-order valence-corrected chi connectivity index (χ1v) is 8.01. The van der Waals surface area contributed by atoms with Gasteiger partial charge in [-0.3, -0.25) is 0 Å². The van der Waals surface area contributed by atoms with Crippen LogP contribution in [-0.4, -0.2) is 24.2 Å². The number of furan rings is 1. The van der Waals surface area contributed by atoms with Crippen LogP contribution < -0.4 is 5.32 Å². The Labute approximate surface area is 130 Å². The Morgan fingerprint density at radius 1 is 1.35 bits per heavy atom. The largest absolute Gasteiger partial charge is 0.452 e. The summed E-state index contributed by atoms with van der Waals surface area (Å²) in [6.07, 6.45) is 1.98. The van der Waals surface area contributed by atoms with Crippen LogP contribution in [0.4, 0.5) is 10.5 Å². The van der Waals surface area contributed by atoms with Crippen LogP contribution >= 0.6 is 27.7 Å². The first kappa shape index (κ1) is 15.0. The van der Waals surface area contributed by atoms with Crippen LogP contribution in [0.15, 0.2) is 50.4 Å². The topological polar surface area (TPSA) is 45.5 Å². The van der Waals surface area contributed by atoms with Crippen molar-refractivity contribution in [2.45, 2.75) is 11.4 Å². The van der Waals surface area contributed by atoms with Gasteiger partial charge in [0.15, 0.2) is 4.67 Å². The standard InChI is InChI=1S/C14H15BrN2O2S/c1-17(9-10-7-8-13(15)19-10)14(18)16-11-5-3-4-6-12(11)20-2/h3-8H,9H2,1-2H3,(H,16,18). The molecule has 2 aromatic rings. The maximum Gasteiger partial charge on any atom is 0.322 e. The molecular weight excluding hydrogens is 340 g/mol. The first-order valence-electron chi connectivity index (χ1n) is 5.99. The maximum atomic E-state index is 12.1. The smallest absolute Gasteiger partial charge is 0.322 e. The SMILES string of the molecule is CSc1ccccc1NC(=O)N(C)Cc1ccc(Br)o1. The normalized spacial score (nSPS) is 10.3. The number of hydrogen-bond acceptors (Lipinski definition) is 3. The van der Waals surface area contributed by atoms with Crippen LogP contribution in [-0.2, 0) is 6.54 Å². The lowest BCUT2D eigenvalue weighted by Gasteiger charge is -2.17. The van der Waals surface area contributed by atoms with Crippen LogP contribution in [0.5, 0.6) is 0 Å². The average Bonchev–Trinajstić information content (AvgIpc) is 2.84. The highest BCUT2D eigenvalue weighted by molar-refractivity contribution is 9.10. The number of halogens is 1. The van der Waals surface area contributed by atoms with Gasteiger partial charge >= 0.3 is 6.03 Å². The van der Waals surface area contributed by atoms with Gasteiger partial charge in [-0.25, -0.2) is 4.79 Å². The molecule has 1 N–H and O–H groups in total. The lowest BCUT2D eigenvalue weighted by atomic mass is 10.3. The zero-order chi connectivity index (χ0) is 14.5. The Morgan fingerprint density at radius 3 is 2.75 bits per heavy atom. The number of carbonyl (C=O) groups excluding carboxylic acids is 1. The van der Waals surface area contributed by atoms with Gasteiger partial charge in [0.1, 0.15) is 5.76 Å². The third kappa shape index (κ3) is 3.80. The number of rotatable bonds is 4. The molecule has 20 heavy (non-hydrogen) atoms. The Kier molecular flexibility index (Phi) is 5.14. The highest BCUT2D eigenvalue weighted by Gasteiger charge is 2.12. The van der Waals surface area contributed by atoms with Gasteiger partial charge in [-0.15, -0.1) is 11.8 Å². The quantitative estimate of drug-likeness (QED) is 0.826. The van der Waals surface area contributed by atoms with E-state index in [1.807, 2.05) is 42.7 Å². The van der Waals surface area contributed by atoms with E-state index in [4.69, 9.17) is 4.42 Å². The highest BCUT2D eigenvalue weighted by atomic mass is 79.9. The van der Waals surface area contributed by atoms with E-state index in [1.54, 1.807) is 23.7 Å². The molecule has 1 heterocycles. The minimum atomic E-state index is -0.168. The lowest BCUT2D eigenvalue weighted by molar-refractivity contribution is 0.216. The van der Waals surface area contributed by atoms with Crippen molar-refractivity contribution in [3.8, 4) is 0 Å². The van der Waals surface area contributed by atoms with Crippen LogP contribution in [0.1, 0.15) is 5.76 Å². The van der Waals surface area contributed by atoms with Crippen molar-refractivity contribution in [3.63, 3.8) is 0 Å². The number of carbonyl (C=O) groups is 1. The van der Waals surface area contributed by atoms with Crippen molar-refractivity contribution in [1.29, 1.82) is 0 Å². The Morgan fingerprint density at radius 2 is 2.10 bits per heavy atom. The molecule has 4 nitrogen and oxygen atoms in total. The number of thioether (sulfide) groups is 1. The number of benzene rings is 1. The maximum absolute atomic E-state index is 12.1. The second-order valence-corrected chi connectivity index (χ2v) is 5.82. The van der Waals surface area contributed by atoms with Crippen molar-refractivity contribution < 1.29 is 9.21 Å². The second-order valence-electron chi connectivity index (χ2n) is 4.19. The fourth-order valence-electron chi connectivity index (χ4n) is 1.70.